The van der Waals surface area contributed by atoms with Gasteiger partial charge < -0.3 is 10.2 Å². The third-order valence-corrected chi connectivity index (χ3v) is 7.04. The zero-order valence-corrected chi connectivity index (χ0v) is 17.3. The van der Waals surface area contributed by atoms with E-state index < -0.39 is 6.10 Å². The molecule has 0 aromatic heterocycles. The Morgan fingerprint density at radius 2 is 1.89 bits per heavy atom. The van der Waals surface area contributed by atoms with Gasteiger partial charge >= 0.3 is 0 Å². The summed E-state index contributed by atoms with van der Waals surface area (Å²) in [4.78, 5) is 23.0. The van der Waals surface area contributed by atoms with Gasteiger partial charge in [-0.2, -0.15) is 0 Å². The van der Waals surface area contributed by atoms with Crippen LogP contribution in [0.4, 0.5) is 4.39 Å². The number of hydrogen-bond acceptors (Lipinski definition) is 4. The summed E-state index contributed by atoms with van der Waals surface area (Å²) >= 11 is 0. The van der Waals surface area contributed by atoms with Crippen LogP contribution in [0.15, 0.2) is 35.1 Å². The molecular formula is C23H33FO4. The van der Waals surface area contributed by atoms with Gasteiger partial charge in [0.2, 0.25) is 0 Å². The molecule has 156 valence electrons. The largest absolute Gasteiger partial charge is 0.505 e. The van der Waals surface area contributed by atoms with Crippen molar-refractivity contribution in [3.63, 3.8) is 0 Å². The SMILES string of the molecule is CC1CCC2CCC3=CC(=O)C=CC3(C)C2C(O)CC(C)C1=C(O)C=O.CF. The minimum atomic E-state index is -0.540. The van der Waals surface area contributed by atoms with Crippen molar-refractivity contribution in [3.05, 3.63) is 35.1 Å². The molecule has 2 N–H and O–H groups in total. The van der Waals surface area contributed by atoms with E-state index in [0.29, 0.717) is 25.8 Å². The number of halogens is 1. The van der Waals surface area contributed by atoms with Gasteiger partial charge in [-0.3, -0.25) is 14.0 Å². The Kier molecular flexibility index (Phi) is 7.38. The third kappa shape index (κ3) is 4.14. The molecule has 0 heterocycles. The summed E-state index contributed by atoms with van der Waals surface area (Å²) in [6.07, 6.45) is 9.61. The number of aliphatic hydroxyl groups is 2. The van der Waals surface area contributed by atoms with E-state index in [4.69, 9.17) is 0 Å². The highest BCUT2D eigenvalue weighted by Gasteiger charge is 2.49. The molecule has 0 aromatic rings. The molecule has 0 radical (unpaired) electrons. The Morgan fingerprint density at radius 3 is 2.54 bits per heavy atom. The maximum Gasteiger partial charge on any atom is 0.184 e. The highest BCUT2D eigenvalue weighted by atomic mass is 19.1. The second-order valence-corrected chi connectivity index (χ2v) is 8.65. The molecule has 3 aliphatic carbocycles. The Balaban J connectivity index is 0.00000136. The molecule has 3 aliphatic rings. The molecular weight excluding hydrogens is 359 g/mol. The van der Waals surface area contributed by atoms with E-state index in [1.807, 2.05) is 13.0 Å². The van der Waals surface area contributed by atoms with Crippen molar-refractivity contribution in [2.75, 3.05) is 7.18 Å². The molecule has 5 heteroatoms. The summed E-state index contributed by atoms with van der Waals surface area (Å²) in [6, 6.07) is 0. The average molecular weight is 393 g/mol. The minimum absolute atomic E-state index is 0.0385. The number of alkyl halides is 1. The lowest BCUT2D eigenvalue weighted by atomic mass is 9.55. The second kappa shape index (κ2) is 9.17. The van der Waals surface area contributed by atoms with Crippen molar-refractivity contribution in [3.8, 4) is 0 Å². The van der Waals surface area contributed by atoms with Gasteiger partial charge in [0.05, 0.1) is 13.3 Å². The van der Waals surface area contributed by atoms with E-state index >= 15 is 0 Å². The lowest BCUT2D eigenvalue weighted by molar-refractivity contribution is -0.111. The van der Waals surface area contributed by atoms with Crippen molar-refractivity contribution in [2.45, 2.75) is 59.0 Å². The summed E-state index contributed by atoms with van der Waals surface area (Å²) in [5, 5.41) is 21.3. The topological polar surface area (TPSA) is 74.6 Å². The molecule has 28 heavy (non-hydrogen) atoms. The van der Waals surface area contributed by atoms with Crippen molar-refractivity contribution >= 4 is 12.1 Å². The van der Waals surface area contributed by atoms with E-state index in [0.717, 1.165) is 36.8 Å². The van der Waals surface area contributed by atoms with Gasteiger partial charge in [-0.05, 0) is 67.6 Å². The van der Waals surface area contributed by atoms with Crippen molar-refractivity contribution in [2.24, 2.45) is 29.1 Å². The lowest BCUT2D eigenvalue weighted by Crippen LogP contribution is -2.46. The molecule has 0 saturated heterocycles. The normalized spacial score (nSPS) is 39.7. The predicted molar refractivity (Wildman–Crippen MR) is 107 cm³/mol. The fourth-order valence-corrected chi connectivity index (χ4v) is 5.77. The molecule has 3 rings (SSSR count). The molecule has 4 nitrogen and oxygen atoms in total. The number of hydrogen-bond donors (Lipinski definition) is 2. The summed E-state index contributed by atoms with van der Waals surface area (Å²) in [6.45, 7) is 6.19. The molecule has 6 unspecified atom stereocenters. The van der Waals surface area contributed by atoms with Crippen LogP contribution < -0.4 is 0 Å². The van der Waals surface area contributed by atoms with Crippen LogP contribution in [0.25, 0.3) is 0 Å². The van der Waals surface area contributed by atoms with Crippen LogP contribution in [0, 0.1) is 29.1 Å². The van der Waals surface area contributed by atoms with Gasteiger partial charge in [0.15, 0.2) is 17.8 Å². The van der Waals surface area contributed by atoms with Crippen LogP contribution in [0.5, 0.6) is 0 Å². The van der Waals surface area contributed by atoms with E-state index in [9.17, 15) is 24.2 Å². The maximum absolute atomic E-state index is 11.8. The first-order valence-electron chi connectivity index (χ1n) is 10.2. The summed E-state index contributed by atoms with van der Waals surface area (Å²) in [5.74, 6) is 0.357. The first-order valence-corrected chi connectivity index (χ1v) is 10.2. The Bertz CT molecular complexity index is 693. The molecule has 2 saturated carbocycles. The minimum Gasteiger partial charge on any atom is -0.505 e. The number of allylic oxidation sites excluding steroid dienone is 6. The molecule has 0 amide bonds. The van der Waals surface area contributed by atoms with Crippen LogP contribution >= 0.6 is 0 Å². The first-order chi connectivity index (χ1) is 13.3. The monoisotopic (exact) mass is 392 g/mol. The van der Waals surface area contributed by atoms with Crippen molar-refractivity contribution < 1.29 is 24.2 Å². The van der Waals surface area contributed by atoms with Gasteiger partial charge in [0, 0.05) is 11.3 Å². The molecule has 0 bridgehead atoms. The molecule has 0 aromatic carbocycles. The van der Waals surface area contributed by atoms with E-state index in [1.165, 1.54) is 0 Å². The Hall–Kier alpha value is -1.75. The van der Waals surface area contributed by atoms with Crippen molar-refractivity contribution in [1.82, 2.24) is 0 Å². The Labute approximate surface area is 167 Å². The highest BCUT2D eigenvalue weighted by Crippen LogP contribution is 2.54. The molecule has 0 spiro atoms. The van der Waals surface area contributed by atoms with Gasteiger partial charge in [-0.15, -0.1) is 0 Å². The van der Waals surface area contributed by atoms with Crippen LogP contribution in [0.3, 0.4) is 0 Å². The smallest absolute Gasteiger partial charge is 0.184 e. The lowest BCUT2D eigenvalue weighted by Gasteiger charge is -2.49. The summed E-state index contributed by atoms with van der Waals surface area (Å²) < 4.78 is 9.50. The fraction of sp³-hybridized carbons (Fsp3) is 0.652. The van der Waals surface area contributed by atoms with Crippen LogP contribution in [0.2, 0.25) is 0 Å². The number of fused-ring (bicyclic) bond motifs is 3. The van der Waals surface area contributed by atoms with Crippen molar-refractivity contribution in [1.29, 1.82) is 0 Å². The van der Waals surface area contributed by atoms with E-state index in [2.05, 4.69) is 13.8 Å². The number of ketones is 1. The zero-order chi connectivity index (χ0) is 21.1. The number of aldehydes is 1. The summed E-state index contributed by atoms with van der Waals surface area (Å²) in [7, 11) is 0.500. The second-order valence-electron chi connectivity index (χ2n) is 8.65. The number of rotatable bonds is 1. The van der Waals surface area contributed by atoms with Gasteiger partial charge in [-0.25, -0.2) is 0 Å². The first kappa shape index (κ1) is 22.5. The molecule has 0 aliphatic heterocycles. The standard InChI is InChI=1S/C22H30O4.CH3F/c1-13-4-5-15-6-7-16-11-17(24)8-9-22(16,3)21(15)18(25)10-14(2)20(13)19(26)12-23;1-2/h8-9,11-15,18,21,25-26H,4-7,10H2,1-3H3;1H3. The van der Waals surface area contributed by atoms with E-state index in [1.54, 1.807) is 12.2 Å². The van der Waals surface area contributed by atoms with Gasteiger partial charge in [-0.1, -0.05) is 32.4 Å². The number of carbonyl (C=O) groups is 2. The Morgan fingerprint density at radius 1 is 1.21 bits per heavy atom. The van der Waals surface area contributed by atoms with Crippen LogP contribution in [-0.2, 0) is 9.59 Å². The average Bonchev–Trinajstić information content (AvgIpc) is 2.71. The molecule has 6 atom stereocenters. The maximum atomic E-state index is 11.8. The third-order valence-electron chi connectivity index (χ3n) is 7.04. The predicted octanol–water partition coefficient (Wildman–Crippen LogP) is 4.50. The summed E-state index contributed by atoms with van der Waals surface area (Å²) in [5.41, 5.74) is 1.62. The van der Waals surface area contributed by atoms with Crippen LogP contribution in [0.1, 0.15) is 52.9 Å². The fourth-order valence-electron chi connectivity index (χ4n) is 5.77. The quantitative estimate of drug-likeness (QED) is 0.391. The van der Waals surface area contributed by atoms with E-state index in [-0.39, 0.29) is 34.7 Å². The van der Waals surface area contributed by atoms with Gasteiger partial charge in [0.1, 0.15) is 0 Å². The molecule has 2 fully saturated rings. The number of aliphatic hydroxyl groups excluding tert-OH is 2. The highest BCUT2D eigenvalue weighted by molar-refractivity contribution is 6.01. The zero-order valence-electron chi connectivity index (χ0n) is 17.3. The van der Waals surface area contributed by atoms with Crippen LogP contribution in [-0.4, -0.2) is 35.6 Å². The van der Waals surface area contributed by atoms with Gasteiger partial charge in [0.25, 0.3) is 0 Å². The number of carbonyl (C=O) groups excluding carboxylic acids is 2.